The molecule has 0 fully saturated rings. The molecule has 0 heterocycles. The van der Waals surface area contributed by atoms with E-state index in [9.17, 15) is 0 Å². The van der Waals surface area contributed by atoms with Gasteiger partial charge in [0.25, 0.3) is 0 Å². The van der Waals surface area contributed by atoms with Gasteiger partial charge in [-0.3, -0.25) is 5.32 Å². The Bertz CT molecular complexity index is 214. The third kappa shape index (κ3) is 11.0. The molecule has 2 nitrogen and oxygen atoms in total. The highest BCUT2D eigenvalue weighted by Crippen LogP contribution is 1.89. The lowest BCUT2D eigenvalue weighted by Crippen LogP contribution is -2.16. The highest BCUT2D eigenvalue weighted by atomic mass is 16.5. The molecule has 0 unspecified atom stereocenters. The van der Waals surface area contributed by atoms with Crippen molar-refractivity contribution in [3.63, 3.8) is 0 Å². The molecule has 0 amide bonds. The highest BCUT2D eigenvalue weighted by Gasteiger charge is 1.76. The number of rotatable bonds is 5. The van der Waals surface area contributed by atoms with Gasteiger partial charge in [-0.05, 0) is 18.3 Å². The Balaban J connectivity index is 3.30. The van der Waals surface area contributed by atoms with E-state index in [1.54, 1.807) is 7.11 Å². The summed E-state index contributed by atoms with van der Waals surface area (Å²) in [6.07, 6.45) is 3.31. The Kier molecular flexibility index (Phi) is 10.2. The van der Waals surface area contributed by atoms with Crippen LogP contribution in [0, 0.1) is 23.7 Å². The lowest BCUT2D eigenvalue weighted by atomic mass is 10.2. The summed E-state index contributed by atoms with van der Waals surface area (Å²) >= 11 is 0. The van der Waals surface area contributed by atoms with Crippen LogP contribution in [0.5, 0.6) is 0 Å². The van der Waals surface area contributed by atoms with Gasteiger partial charge in [0.2, 0.25) is 0 Å². The van der Waals surface area contributed by atoms with Crippen molar-refractivity contribution in [2.45, 2.75) is 26.2 Å². The molecule has 0 spiro atoms. The van der Waals surface area contributed by atoms with E-state index >= 15 is 0 Å². The number of methoxy groups -OCH3 is 1. The van der Waals surface area contributed by atoms with Crippen LogP contribution in [0.1, 0.15) is 26.2 Å². The molecular formula is C11H17NO. The third-order valence-corrected chi connectivity index (χ3v) is 1.35. The van der Waals surface area contributed by atoms with Crippen molar-refractivity contribution in [3.05, 3.63) is 0 Å². The first-order chi connectivity index (χ1) is 6.41. The zero-order valence-corrected chi connectivity index (χ0v) is 8.44. The fourth-order valence-corrected chi connectivity index (χ4v) is 0.676. The molecule has 0 radical (unpaired) electrons. The molecule has 1 N–H and O–H groups in total. The van der Waals surface area contributed by atoms with Gasteiger partial charge < -0.3 is 4.74 Å². The van der Waals surface area contributed by atoms with Crippen LogP contribution < -0.4 is 5.32 Å². The molecule has 0 aliphatic heterocycles. The molecular weight excluding hydrogens is 162 g/mol. The second kappa shape index (κ2) is 11.0. The monoisotopic (exact) mass is 179 g/mol. The van der Waals surface area contributed by atoms with Crippen LogP contribution in [0.4, 0.5) is 0 Å². The van der Waals surface area contributed by atoms with Gasteiger partial charge in [0.1, 0.15) is 0 Å². The minimum atomic E-state index is 0.540. The van der Waals surface area contributed by atoms with E-state index in [0.29, 0.717) is 13.3 Å². The van der Waals surface area contributed by atoms with Gasteiger partial charge in [0.15, 0.2) is 0 Å². The molecule has 0 aliphatic rings. The largest absolute Gasteiger partial charge is 0.370 e. The van der Waals surface area contributed by atoms with Crippen LogP contribution in [0.2, 0.25) is 0 Å². The average Bonchev–Trinajstić information content (AvgIpc) is 2.16. The molecule has 0 saturated carbocycles. The maximum atomic E-state index is 4.79. The maximum Gasteiger partial charge on any atom is 0.0968 e. The first-order valence-corrected chi connectivity index (χ1v) is 4.57. The van der Waals surface area contributed by atoms with Crippen molar-refractivity contribution in [3.8, 4) is 23.7 Å². The van der Waals surface area contributed by atoms with Crippen molar-refractivity contribution in [2.24, 2.45) is 0 Å². The van der Waals surface area contributed by atoms with Crippen molar-refractivity contribution in [2.75, 3.05) is 20.4 Å². The van der Waals surface area contributed by atoms with Crippen LogP contribution in [-0.2, 0) is 4.74 Å². The first-order valence-electron chi connectivity index (χ1n) is 4.57. The molecule has 0 aliphatic carbocycles. The fraction of sp³-hybridized carbons (Fsp3) is 0.636. The van der Waals surface area contributed by atoms with E-state index in [1.165, 1.54) is 6.42 Å². The van der Waals surface area contributed by atoms with E-state index in [1.807, 2.05) is 0 Å². The van der Waals surface area contributed by atoms with Crippen LogP contribution in [0.15, 0.2) is 0 Å². The number of nitrogens with one attached hydrogen (secondary N) is 1. The van der Waals surface area contributed by atoms with Gasteiger partial charge in [-0.25, -0.2) is 0 Å². The quantitative estimate of drug-likeness (QED) is 0.391. The molecule has 72 valence electrons. The number of hydrogen-bond acceptors (Lipinski definition) is 2. The third-order valence-electron chi connectivity index (χ3n) is 1.35. The predicted octanol–water partition coefficient (Wildman–Crippen LogP) is 1.38. The zero-order valence-electron chi connectivity index (χ0n) is 8.44. The van der Waals surface area contributed by atoms with Crippen LogP contribution in [0.25, 0.3) is 0 Å². The molecule has 0 aromatic rings. The number of hydrogen-bond donors (Lipinski definition) is 1. The predicted molar refractivity (Wildman–Crippen MR) is 55.0 cm³/mol. The first kappa shape index (κ1) is 12.0. The summed E-state index contributed by atoms with van der Waals surface area (Å²) in [7, 11) is 1.64. The summed E-state index contributed by atoms with van der Waals surface area (Å²) in [6.45, 7) is 3.33. The molecule has 13 heavy (non-hydrogen) atoms. The number of ether oxygens (including phenoxy) is 1. The standard InChI is InChI=1S/C11H17NO/c1-3-4-5-6-7-8-9-10-12-11-13-2/h12H,3-5,10-11H2,1-2H3. The molecule has 0 aromatic carbocycles. The van der Waals surface area contributed by atoms with E-state index < -0.39 is 0 Å². The Morgan fingerprint density at radius 1 is 1.23 bits per heavy atom. The Hall–Kier alpha value is -0.960. The van der Waals surface area contributed by atoms with E-state index in [4.69, 9.17) is 4.74 Å². The van der Waals surface area contributed by atoms with E-state index in [0.717, 1.165) is 12.8 Å². The van der Waals surface area contributed by atoms with Gasteiger partial charge >= 0.3 is 0 Å². The number of unbranched alkanes of at least 4 members (excludes halogenated alkanes) is 2. The SMILES string of the molecule is CCCCC#CC#CCNCOC. The summed E-state index contributed by atoms with van der Waals surface area (Å²) in [6, 6.07) is 0. The van der Waals surface area contributed by atoms with Gasteiger partial charge in [-0.2, -0.15) is 0 Å². The van der Waals surface area contributed by atoms with Crippen molar-refractivity contribution >= 4 is 0 Å². The van der Waals surface area contributed by atoms with Crippen molar-refractivity contribution < 1.29 is 4.74 Å². The molecule has 0 atom stereocenters. The van der Waals surface area contributed by atoms with Crippen LogP contribution in [0.3, 0.4) is 0 Å². The molecule has 0 rings (SSSR count). The second-order valence-corrected chi connectivity index (χ2v) is 2.57. The van der Waals surface area contributed by atoms with Gasteiger partial charge in [-0.15, -0.1) is 0 Å². The Labute approximate surface area is 81.1 Å². The molecule has 0 bridgehead atoms. The topological polar surface area (TPSA) is 21.3 Å². The summed E-state index contributed by atoms with van der Waals surface area (Å²) in [5.41, 5.74) is 0. The lowest BCUT2D eigenvalue weighted by molar-refractivity contribution is 0.180. The van der Waals surface area contributed by atoms with E-state index in [2.05, 4.69) is 35.9 Å². The fourth-order valence-electron chi connectivity index (χ4n) is 0.676. The Morgan fingerprint density at radius 3 is 2.69 bits per heavy atom. The summed E-state index contributed by atoms with van der Waals surface area (Å²) in [4.78, 5) is 0. The van der Waals surface area contributed by atoms with Crippen molar-refractivity contribution in [1.82, 2.24) is 5.32 Å². The molecule has 0 saturated heterocycles. The smallest absolute Gasteiger partial charge is 0.0968 e. The zero-order chi connectivity index (χ0) is 9.78. The normalized spacial score (nSPS) is 8.15. The van der Waals surface area contributed by atoms with Gasteiger partial charge in [-0.1, -0.05) is 25.2 Å². The maximum absolute atomic E-state index is 4.79. The van der Waals surface area contributed by atoms with Gasteiger partial charge in [0.05, 0.1) is 13.3 Å². The highest BCUT2D eigenvalue weighted by molar-refractivity contribution is 5.26. The van der Waals surface area contributed by atoms with Gasteiger partial charge in [0, 0.05) is 13.5 Å². The molecule has 0 aromatic heterocycles. The Morgan fingerprint density at radius 2 is 2.00 bits per heavy atom. The minimum Gasteiger partial charge on any atom is -0.370 e. The van der Waals surface area contributed by atoms with Crippen LogP contribution in [-0.4, -0.2) is 20.4 Å². The lowest BCUT2D eigenvalue weighted by Gasteiger charge is -1.93. The van der Waals surface area contributed by atoms with Crippen molar-refractivity contribution in [1.29, 1.82) is 0 Å². The average molecular weight is 179 g/mol. The second-order valence-electron chi connectivity index (χ2n) is 2.57. The summed E-state index contributed by atoms with van der Waals surface area (Å²) in [5.74, 6) is 11.5. The van der Waals surface area contributed by atoms with E-state index in [-0.39, 0.29) is 0 Å². The summed E-state index contributed by atoms with van der Waals surface area (Å²) < 4.78 is 4.79. The van der Waals surface area contributed by atoms with Crippen LogP contribution >= 0.6 is 0 Å². The summed E-state index contributed by atoms with van der Waals surface area (Å²) in [5, 5.41) is 2.97. The minimum absolute atomic E-state index is 0.540. The molecule has 2 heteroatoms.